The SMILES string of the molecule is CN(C)CCCNC(=O)NCCOc1ccc(F)c(F)c1. The number of carbonyl (C=O) groups is 1. The summed E-state index contributed by atoms with van der Waals surface area (Å²) >= 11 is 0. The summed E-state index contributed by atoms with van der Waals surface area (Å²) in [6, 6.07) is 3.02. The van der Waals surface area contributed by atoms with Gasteiger partial charge in [-0.15, -0.1) is 0 Å². The zero-order valence-electron chi connectivity index (χ0n) is 12.3. The number of ether oxygens (including phenoxy) is 1. The van der Waals surface area contributed by atoms with Crippen LogP contribution in [0, 0.1) is 11.6 Å². The second-order valence-corrected chi connectivity index (χ2v) is 4.76. The van der Waals surface area contributed by atoms with Gasteiger partial charge in [-0.2, -0.15) is 0 Å². The Balaban J connectivity index is 2.10. The van der Waals surface area contributed by atoms with Crippen LogP contribution in [-0.4, -0.2) is 51.3 Å². The molecule has 0 radical (unpaired) electrons. The predicted octanol–water partition coefficient (Wildman–Crippen LogP) is 1.59. The van der Waals surface area contributed by atoms with Crippen LogP contribution >= 0.6 is 0 Å². The van der Waals surface area contributed by atoms with Gasteiger partial charge in [0.1, 0.15) is 12.4 Å². The molecule has 5 nitrogen and oxygen atoms in total. The molecule has 1 aromatic carbocycles. The van der Waals surface area contributed by atoms with Gasteiger partial charge in [-0.3, -0.25) is 0 Å². The van der Waals surface area contributed by atoms with E-state index in [1.54, 1.807) is 0 Å². The van der Waals surface area contributed by atoms with E-state index < -0.39 is 11.6 Å². The zero-order valence-corrected chi connectivity index (χ0v) is 12.3. The van der Waals surface area contributed by atoms with Crippen molar-refractivity contribution in [3.8, 4) is 5.75 Å². The average molecular weight is 301 g/mol. The quantitative estimate of drug-likeness (QED) is 0.717. The van der Waals surface area contributed by atoms with Crippen LogP contribution in [0.3, 0.4) is 0 Å². The normalized spacial score (nSPS) is 10.5. The van der Waals surface area contributed by atoms with Crippen LogP contribution in [0.25, 0.3) is 0 Å². The van der Waals surface area contributed by atoms with Gasteiger partial charge in [-0.25, -0.2) is 13.6 Å². The van der Waals surface area contributed by atoms with Gasteiger partial charge in [-0.1, -0.05) is 0 Å². The molecule has 0 unspecified atom stereocenters. The molecule has 0 fully saturated rings. The number of urea groups is 1. The van der Waals surface area contributed by atoms with Gasteiger partial charge in [0.05, 0.1) is 6.54 Å². The monoisotopic (exact) mass is 301 g/mol. The van der Waals surface area contributed by atoms with E-state index in [0.717, 1.165) is 25.1 Å². The van der Waals surface area contributed by atoms with Crippen LogP contribution in [-0.2, 0) is 0 Å². The van der Waals surface area contributed by atoms with E-state index in [1.165, 1.54) is 6.07 Å². The fourth-order valence-electron chi connectivity index (χ4n) is 1.56. The summed E-state index contributed by atoms with van der Waals surface area (Å²) in [5.74, 6) is -1.65. The first-order valence-corrected chi connectivity index (χ1v) is 6.73. The van der Waals surface area contributed by atoms with Crippen LogP contribution in [0.1, 0.15) is 6.42 Å². The Morgan fingerprint density at radius 2 is 1.90 bits per heavy atom. The van der Waals surface area contributed by atoms with E-state index in [2.05, 4.69) is 10.6 Å². The molecule has 0 aliphatic rings. The van der Waals surface area contributed by atoms with Gasteiger partial charge in [0, 0.05) is 12.6 Å². The lowest BCUT2D eigenvalue weighted by molar-refractivity contribution is 0.235. The van der Waals surface area contributed by atoms with E-state index in [-0.39, 0.29) is 24.9 Å². The molecule has 0 bridgehead atoms. The van der Waals surface area contributed by atoms with E-state index in [9.17, 15) is 13.6 Å². The fraction of sp³-hybridized carbons (Fsp3) is 0.500. The molecule has 0 saturated heterocycles. The van der Waals surface area contributed by atoms with Crippen LogP contribution in [0.4, 0.5) is 13.6 Å². The number of halogens is 2. The molecule has 7 heteroatoms. The molecule has 0 spiro atoms. The highest BCUT2D eigenvalue weighted by atomic mass is 19.2. The molecule has 0 aromatic heterocycles. The second kappa shape index (κ2) is 9.12. The van der Waals surface area contributed by atoms with Crippen LogP contribution in [0.15, 0.2) is 18.2 Å². The van der Waals surface area contributed by atoms with E-state index in [1.807, 2.05) is 19.0 Å². The molecule has 0 aliphatic heterocycles. The lowest BCUT2D eigenvalue weighted by atomic mass is 10.3. The molecule has 0 atom stereocenters. The third kappa shape index (κ3) is 7.45. The number of nitrogens with one attached hydrogen (secondary N) is 2. The maximum Gasteiger partial charge on any atom is 0.314 e. The minimum absolute atomic E-state index is 0.177. The maximum absolute atomic E-state index is 12.9. The highest BCUT2D eigenvalue weighted by Gasteiger charge is 2.03. The van der Waals surface area contributed by atoms with Gasteiger partial charge in [0.15, 0.2) is 11.6 Å². The summed E-state index contributed by atoms with van der Waals surface area (Å²) in [6.07, 6.45) is 0.867. The van der Waals surface area contributed by atoms with Gasteiger partial charge >= 0.3 is 6.03 Å². The molecule has 2 amide bonds. The highest BCUT2D eigenvalue weighted by molar-refractivity contribution is 5.73. The molecule has 118 valence electrons. The molecule has 1 rings (SSSR count). The van der Waals surface area contributed by atoms with Gasteiger partial charge in [-0.05, 0) is 39.2 Å². The molecule has 0 heterocycles. The number of carbonyl (C=O) groups excluding carboxylic acids is 1. The first-order chi connectivity index (χ1) is 9.99. The summed E-state index contributed by atoms with van der Waals surface area (Å²) in [5, 5.41) is 5.32. The van der Waals surface area contributed by atoms with Crippen molar-refractivity contribution in [3.05, 3.63) is 29.8 Å². The lowest BCUT2D eigenvalue weighted by Crippen LogP contribution is -2.38. The standard InChI is InChI=1S/C14H21F2N3O2/c1-19(2)8-3-6-17-14(20)18-7-9-21-11-4-5-12(15)13(16)10-11/h4-5,10H,3,6-9H2,1-2H3,(H2,17,18,20). The summed E-state index contributed by atoms with van der Waals surface area (Å²) in [4.78, 5) is 13.4. The number of hydrogen-bond donors (Lipinski definition) is 2. The Hall–Kier alpha value is -1.89. The molecule has 2 N–H and O–H groups in total. The largest absolute Gasteiger partial charge is 0.492 e. The van der Waals surface area contributed by atoms with Crippen molar-refractivity contribution < 1.29 is 18.3 Å². The zero-order chi connectivity index (χ0) is 15.7. The van der Waals surface area contributed by atoms with Crippen molar-refractivity contribution in [2.24, 2.45) is 0 Å². The molecule has 0 aliphatic carbocycles. The molecule has 0 saturated carbocycles. The second-order valence-electron chi connectivity index (χ2n) is 4.76. The number of amides is 2. The van der Waals surface area contributed by atoms with Crippen molar-refractivity contribution >= 4 is 6.03 Å². The third-order valence-electron chi connectivity index (χ3n) is 2.62. The van der Waals surface area contributed by atoms with E-state index in [4.69, 9.17) is 4.74 Å². The molecular formula is C14H21F2N3O2. The van der Waals surface area contributed by atoms with Gasteiger partial charge < -0.3 is 20.3 Å². The minimum atomic E-state index is -0.959. The Bertz CT molecular complexity index is 456. The third-order valence-corrected chi connectivity index (χ3v) is 2.62. The summed E-state index contributed by atoms with van der Waals surface area (Å²) in [7, 11) is 3.94. The van der Waals surface area contributed by atoms with Crippen LogP contribution < -0.4 is 15.4 Å². The summed E-state index contributed by atoms with van der Waals surface area (Å²) in [5.41, 5.74) is 0. The van der Waals surface area contributed by atoms with Gasteiger partial charge in [0.2, 0.25) is 0 Å². The molecule has 21 heavy (non-hydrogen) atoms. The number of rotatable bonds is 8. The van der Waals surface area contributed by atoms with Crippen LogP contribution in [0.5, 0.6) is 5.75 Å². The van der Waals surface area contributed by atoms with Gasteiger partial charge in [0.25, 0.3) is 0 Å². The lowest BCUT2D eigenvalue weighted by Gasteiger charge is -2.11. The first kappa shape index (κ1) is 17.2. The Kier molecular flexibility index (Phi) is 7.45. The molecule has 1 aromatic rings. The van der Waals surface area contributed by atoms with Crippen LogP contribution in [0.2, 0.25) is 0 Å². The predicted molar refractivity (Wildman–Crippen MR) is 76.4 cm³/mol. The van der Waals surface area contributed by atoms with Crippen molar-refractivity contribution in [2.45, 2.75) is 6.42 Å². The Labute approximate surface area is 123 Å². The first-order valence-electron chi connectivity index (χ1n) is 6.73. The number of nitrogens with zero attached hydrogens (tertiary/aromatic N) is 1. The van der Waals surface area contributed by atoms with E-state index in [0.29, 0.717) is 6.54 Å². The van der Waals surface area contributed by atoms with Crippen molar-refractivity contribution in [1.29, 1.82) is 0 Å². The Morgan fingerprint density at radius 1 is 1.19 bits per heavy atom. The Morgan fingerprint density at radius 3 is 2.57 bits per heavy atom. The average Bonchev–Trinajstić information content (AvgIpc) is 2.43. The smallest absolute Gasteiger partial charge is 0.314 e. The number of hydrogen-bond acceptors (Lipinski definition) is 3. The maximum atomic E-state index is 12.9. The minimum Gasteiger partial charge on any atom is -0.492 e. The van der Waals surface area contributed by atoms with Crippen molar-refractivity contribution in [2.75, 3.05) is 40.3 Å². The van der Waals surface area contributed by atoms with E-state index >= 15 is 0 Å². The highest BCUT2D eigenvalue weighted by Crippen LogP contribution is 2.14. The summed E-state index contributed by atoms with van der Waals surface area (Å²) in [6.45, 7) is 1.95. The van der Waals surface area contributed by atoms with Crippen molar-refractivity contribution in [3.63, 3.8) is 0 Å². The number of benzene rings is 1. The summed E-state index contributed by atoms with van der Waals surface area (Å²) < 4.78 is 30.8. The molecular weight excluding hydrogens is 280 g/mol. The fourth-order valence-corrected chi connectivity index (χ4v) is 1.56. The van der Waals surface area contributed by atoms with Crippen molar-refractivity contribution in [1.82, 2.24) is 15.5 Å². The topological polar surface area (TPSA) is 53.6 Å².